The zero-order valence-corrected chi connectivity index (χ0v) is 18.2. The molecule has 0 spiro atoms. The fourth-order valence-electron chi connectivity index (χ4n) is 4.67. The monoisotopic (exact) mass is 497 g/mol. The fraction of sp³-hybridized carbons (Fsp3) is 0.900. The maximum absolute atomic E-state index is 10.4. The number of aliphatic hydroxyl groups is 11. The third kappa shape index (κ3) is 5.45. The van der Waals surface area contributed by atoms with E-state index >= 15 is 0 Å². The molecule has 3 aliphatic rings. The molecule has 0 unspecified atom stereocenters. The maximum Gasteiger partial charge on any atom is 0.186 e. The van der Waals surface area contributed by atoms with E-state index in [4.69, 9.17) is 9.47 Å². The molecular formula is C20H35NO13. The van der Waals surface area contributed by atoms with E-state index in [1.165, 1.54) is 6.08 Å². The molecule has 0 amide bonds. The zero-order chi connectivity index (χ0) is 25.3. The number of rotatable bonds is 7. The van der Waals surface area contributed by atoms with Gasteiger partial charge >= 0.3 is 0 Å². The Kier molecular flexibility index (Phi) is 9.38. The van der Waals surface area contributed by atoms with Gasteiger partial charge in [0.05, 0.1) is 38.1 Å². The molecule has 14 heteroatoms. The third-order valence-corrected chi connectivity index (χ3v) is 6.88. The Morgan fingerprint density at radius 2 is 1.44 bits per heavy atom. The molecule has 198 valence electrons. The number of nitrogens with one attached hydrogen (secondary N) is 1. The lowest BCUT2D eigenvalue weighted by Gasteiger charge is -2.44. The van der Waals surface area contributed by atoms with E-state index in [2.05, 4.69) is 5.32 Å². The molecule has 14 atom stereocenters. The highest BCUT2D eigenvalue weighted by Crippen LogP contribution is 2.30. The molecule has 2 fully saturated rings. The fourth-order valence-corrected chi connectivity index (χ4v) is 4.67. The van der Waals surface area contributed by atoms with Gasteiger partial charge in [-0.05, 0) is 12.0 Å². The molecule has 1 saturated heterocycles. The summed E-state index contributed by atoms with van der Waals surface area (Å²) in [5.74, 6) is -0.833. The molecule has 0 aromatic carbocycles. The van der Waals surface area contributed by atoms with Gasteiger partial charge in [-0.25, -0.2) is 0 Å². The number of aliphatic hydroxyl groups excluding tert-OH is 11. The second-order valence-electron chi connectivity index (χ2n) is 9.12. The van der Waals surface area contributed by atoms with Gasteiger partial charge in [-0.1, -0.05) is 6.08 Å². The predicted octanol–water partition coefficient (Wildman–Crippen LogP) is -6.75. The van der Waals surface area contributed by atoms with E-state index in [0.29, 0.717) is 0 Å². The van der Waals surface area contributed by atoms with E-state index in [-0.39, 0.29) is 18.6 Å². The van der Waals surface area contributed by atoms with Crippen LogP contribution in [0.1, 0.15) is 6.42 Å². The first-order chi connectivity index (χ1) is 16.0. The third-order valence-electron chi connectivity index (χ3n) is 6.88. The Balaban J connectivity index is 1.67. The smallest absolute Gasteiger partial charge is 0.186 e. The molecule has 14 nitrogen and oxygen atoms in total. The molecular weight excluding hydrogens is 462 g/mol. The van der Waals surface area contributed by atoms with E-state index in [0.717, 1.165) is 0 Å². The van der Waals surface area contributed by atoms with Crippen LogP contribution in [-0.2, 0) is 9.47 Å². The molecule has 0 aromatic heterocycles. The van der Waals surface area contributed by atoms with E-state index < -0.39 is 98.5 Å². The van der Waals surface area contributed by atoms with Gasteiger partial charge in [-0.15, -0.1) is 0 Å². The normalized spacial score (nSPS) is 50.1. The first-order valence-corrected chi connectivity index (χ1v) is 11.1. The van der Waals surface area contributed by atoms with Gasteiger partial charge < -0.3 is 71.0 Å². The second-order valence-corrected chi connectivity index (χ2v) is 9.12. The summed E-state index contributed by atoms with van der Waals surface area (Å²) in [7, 11) is 0. The van der Waals surface area contributed by atoms with Crippen molar-refractivity contribution in [1.29, 1.82) is 0 Å². The number of hydrogen-bond acceptors (Lipinski definition) is 14. The van der Waals surface area contributed by atoms with Crippen molar-refractivity contribution in [3.05, 3.63) is 11.6 Å². The molecule has 0 bridgehead atoms. The summed E-state index contributed by atoms with van der Waals surface area (Å²) in [4.78, 5) is 0. The van der Waals surface area contributed by atoms with Crippen LogP contribution in [0.3, 0.4) is 0 Å². The van der Waals surface area contributed by atoms with Gasteiger partial charge in [0.15, 0.2) is 6.29 Å². The van der Waals surface area contributed by atoms with Crippen molar-refractivity contribution >= 4 is 0 Å². The van der Waals surface area contributed by atoms with Gasteiger partial charge in [0.1, 0.15) is 48.8 Å². The van der Waals surface area contributed by atoms with Crippen LogP contribution in [0.2, 0.25) is 0 Å². The van der Waals surface area contributed by atoms with Crippen LogP contribution in [0, 0.1) is 5.92 Å². The largest absolute Gasteiger partial charge is 0.394 e. The van der Waals surface area contributed by atoms with E-state index in [1.807, 2.05) is 0 Å². The SMILES string of the molecule is OCC1=C[C@H](N[C@H]2C[C@H](CO[C@@H]3O[C@H](CO)[C@@H](O)[C@H](O)[C@H]3O)[C@@H](O)[C@H](O)[C@H]2O)[C@H](O)[C@@H](O)[C@@H]1O. The Bertz CT molecular complexity index is 695. The standard InChI is InChI=1S/C20H35NO13/c22-3-6-1-8(13(26)16(29)11(6)24)21-9-2-7(12(25)17(30)14(9)27)5-33-20-19(32)18(31)15(28)10(4-23)34-20/h1,7-32H,2-5H2/t7-,8+,9+,10-,11-,12-,13+,14+,15-,16+,17+,18+,19-,20-/m1/s1. The summed E-state index contributed by atoms with van der Waals surface area (Å²) in [5.41, 5.74) is 0.0590. The average molecular weight is 497 g/mol. The molecule has 2 aliphatic carbocycles. The molecule has 1 aliphatic heterocycles. The minimum Gasteiger partial charge on any atom is -0.394 e. The molecule has 0 aromatic rings. The van der Waals surface area contributed by atoms with Crippen molar-refractivity contribution < 1.29 is 65.6 Å². The summed E-state index contributed by atoms with van der Waals surface area (Å²) in [5, 5.41) is 113. The molecule has 3 rings (SSSR count). The van der Waals surface area contributed by atoms with Crippen molar-refractivity contribution in [3.63, 3.8) is 0 Å². The summed E-state index contributed by atoms with van der Waals surface area (Å²) < 4.78 is 10.7. The maximum atomic E-state index is 10.4. The summed E-state index contributed by atoms with van der Waals surface area (Å²) in [6.07, 6.45) is -15.4. The van der Waals surface area contributed by atoms with Gasteiger partial charge in [-0.2, -0.15) is 0 Å². The molecule has 34 heavy (non-hydrogen) atoms. The minimum absolute atomic E-state index is 0.0129. The Hall–Kier alpha value is -0.820. The van der Waals surface area contributed by atoms with Crippen molar-refractivity contribution in [2.75, 3.05) is 19.8 Å². The highest BCUT2D eigenvalue weighted by Gasteiger charge is 2.47. The number of hydrogen-bond donors (Lipinski definition) is 12. The van der Waals surface area contributed by atoms with Crippen LogP contribution >= 0.6 is 0 Å². The van der Waals surface area contributed by atoms with Crippen molar-refractivity contribution in [3.8, 4) is 0 Å². The van der Waals surface area contributed by atoms with Gasteiger partial charge in [0.2, 0.25) is 0 Å². The van der Waals surface area contributed by atoms with Gasteiger partial charge in [0.25, 0.3) is 0 Å². The zero-order valence-electron chi connectivity index (χ0n) is 18.2. The molecule has 1 heterocycles. The van der Waals surface area contributed by atoms with Crippen LogP contribution in [0.25, 0.3) is 0 Å². The first kappa shape index (κ1) is 27.8. The second kappa shape index (κ2) is 11.5. The first-order valence-electron chi connectivity index (χ1n) is 11.1. The quantitative estimate of drug-likeness (QED) is 0.146. The summed E-state index contributed by atoms with van der Waals surface area (Å²) in [6.45, 7) is -1.55. The van der Waals surface area contributed by atoms with E-state index in [1.54, 1.807) is 0 Å². The lowest BCUT2D eigenvalue weighted by molar-refractivity contribution is -0.306. The summed E-state index contributed by atoms with van der Waals surface area (Å²) in [6, 6.07) is -1.94. The van der Waals surface area contributed by atoms with Crippen molar-refractivity contribution in [2.45, 2.75) is 85.8 Å². The Morgan fingerprint density at radius 1 is 0.794 bits per heavy atom. The van der Waals surface area contributed by atoms with Gasteiger partial charge in [-0.3, -0.25) is 0 Å². The lowest BCUT2D eigenvalue weighted by atomic mass is 9.78. The predicted molar refractivity (Wildman–Crippen MR) is 110 cm³/mol. The topological polar surface area (TPSA) is 253 Å². The minimum atomic E-state index is -1.66. The molecule has 12 N–H and O–H groups in total. The van der Waals surface area contributed by atoms with E-state index in [9.17, 15) is 56.2 Å². The van der Waals surface area contributed by atoms with Crippen LogP contribution < -0.4 is 5.32 Å². The van der Waals surface area contributed by atoms with Crippen molar-refractivity contribution in [1.82, 2.24) is 5.32 Å². The van der Waals surface area contributed by atoms with Crippen LogP contribution in [0.4, 0.5) is 0 Å². The van der Waals surface area contributed by atoms with Crippen LogP contribution in [0.5, 0.6) is 0 Å². The average Bonchev–Trinajstić information content (AvgIpc) is 2.83. The molecule has 0 radical (unpaired) electrons. The Morgan fingerprint density at radius 3 is 2.06 bits per heavy atom. The van der Waals surface area contributed by atoms with Crippen molar-refractivity contribution in [2.24, 2.45) is 5.92 Å². The van der Waals surface area contributed by atoms with Crippen LogP contribution in [0.15, 0.2) is 11.6 Å². The van der Waals surface area contributed by atoms with Crippen LogP contribution in [-0.4, -0.2) is 155 Å². The number of ether oxygens (including phenoxy) is 2. The highest BCUT2D eigenvalue weighted by molar-refractivity contribution is 5.22. The summed E-state index contributed by atoms with van der Waals surface area (Å²) >= 11 is 0. The molecule has 1 saturated carbocycles. The highest BCUT2D eigenvalue weighted by atomic mass is 16.7. The van der Waals surface area contributed by atoms with Gasteiger partial charge in [0, 0.05) is 12.0 Å². The Labute approximate surface area is 194 Å². The lowest BCUT2D eigenvalue weighted by Crippen LogP contribution is -2.64.